The predicted molar refractivity (Wildman–Crippen MR) is 144 cm³/mol. The summed E-state index contributed by atoms with van der Waals surface area (Å²) in [5.41, 5.74) is 2.37. The van der Waals surface area contributed by atoms with Crippen molar-refractivity contribution < 1.29 is 19.1 Å². The van der Waals surface area contributed by atoms with Crippen molar-refractivity contribution in [2.24, 2.45) is 0 Å². The van der Waals surface area contributed by atoms with Crippen molar-refractivity contribution in [3.8, 4) is 0 Å². The van der Waals surface area contributed by atoms with Crippen LogP contribution in [0.4, 0.5) is 5.69 Å². The molecule has 0 radical (unpaired) electrons. The van der Waals surface area contributed by atoms with E-state index in [1.165, 1.54) is 17.4 Å². The van der Waals surface area contributed by atoms with Crippen molar-refractivity contribution in [3.63, 3.8) is 0 Å². The van der Waals surface area contributed by atoms with Gasteiger partial charge in [-0.2, -0.15) is 0 Å². The maximum Gasteiger partial charge on any atom is 0.257 e. The Morgan fingerprint density at radius 1 is 1.18 bits per heavy atom. The molecule has 5 rings (SSSR count). The minimum absolute atomic E-state index is 0.0202. The number of halogens is 1. The smallest absolute Gasteiger partial charge is 0.257 e. The lowest BCUT2D eigenvalue weighted by atomic mass is 10.0. The molecule has 9 nitrogen and oxygen atoms in total. The Labute approximate surface area is 223 Å². The number of hydrogen-bond acceptors (Lipinski definition) is 6. The van der Waals surface area contributed by atoms with Gasteiger partial charge in [-0.3, -0.25) is 19.3 Å². The number of furan rings is 1. The molecule has 0 saturated carbocycles. The number of aliphatic hydroxyl groups excluding tert-OH is 1. The number of likely N-dealkylation sites (N-methyl/N-ethyl adjacent to an activating group) is 2. The first-order chi connectivity index (χ1) is 18.2. The molecule has 0 spiro atoms. The molecule has 0 saturated heterocycles. The fraction of sp³-hybridized carbons (Fsp3) is 0.250. The van der Waals surface area contributed by atoms with Crippen LogP contribution in [0.1, 0.15) is 33.3 Å². The molecule has 2 amide bonds. The average Bonchev–Trinajstić information content (AvgIpc) is 3.43. The minimum atomic E-state index is -0.814. The van der Waals surface area contributed by atoms with E-state index in [0.717, 1.165) is 11.1 Å². The first-order valence-electron chi connectivity index (χ1n) is 12.1. The molecule has 1 aliphatic heterocycles. The number of aliphatic hydroxyl groups is 1. The van der Waals surface area contributed by atoms with Gasteiger partial charge in [0.2, 0.25) is 11.3 Å². The van der Waals surface area contributed by atoms with Crippen LogP contribution in [-0.4, -0.2) is 47.0 Å². The first kappa shape index (κ1) is 25.7. The lowest BCUT2D eigenvalue weighted by Gasteiger charge is -2.29. The Morgan fingerprint density at radius 3 is 2.66 bits per heavy atom. The molecule has 1 unspecified atom stereocenters. The zero-order chi connectivity index (χ0) is 27.0. The highest BCUT2D eigenvalue weighted by Gasteiger charge is 2.27. The number of carbonyl (C=O) groups is 2. The molecule has 3 heterocycles. The highest BCUT2D eigenvalue weighted by Crippen LogP contribution is 2.31. The van der Waals surface area contributed by atoms with Gasteiger partial charge in [0, 0.05) is 43.3 Å². The van der Waals surface area contributed by atoms with Crippen LogP contribution in [0.2, 0.25) is 5.02 Å². The number of amides is 2. The van der Waals surface area contributed by atoms with E-state index >= 15 is 0 Å². The Hall–Kier alpha value is -3.92. The fourth-order valence-corrected chi connectivity index (χ4v) is 4.84. The molecule has 0 aliphatic carbocycles. The van der Waals surface area contributed by atoms with Gasteiger partial charge in [-0.05, 0) is 54.6 Å². The molecular formula is C28H27ClN4O5. The summed E-state index contributed by atoms with van der Waals surface area (Å²) in [5.74, 6) is -0.214. The second-order valence-electron chi connectivity index (χ2n) is 9.50. The van der Waals surface area contributed by atoms with Crippen LogP contribution in [0.5, 0.6) is 0 Å². The largest absolute Gasteiger partial charge is 0.467 e. The summed E-state index contributed by atoms with van der Waals surface area (Å²) in [6, 6.07) is 14.1. The van der Waals surface area contributed by atoms with E-state index in [2.05, 4.69) is 5.32 Å². The Morgan fingerprint density at radius 2 is 1.95 bits per heavy atom. The molecule has 4 aromatic rings. The van der Waals surface area contributed by atoms with Gasteiger partial charge in [-0.15, -0.1) is 0 Å². The average molecular weight is 535 g/mol. The molecule has 0 bridgehead atoms. The van der Waals surface area contributed by atoms with Crippen molar-refractivity contribution in [1.29, 1.82) is 0 Å². The Bertz CT molecular complexity index is 1560. The number of pyridine rings is 1. The lowest BCUT2D eigenvalue weighted by molar-refractivity contribution is -0.119. The second-order valence-corrected chi connectivity index (χ2v) is 9.94. The quantitative estimate of drug-likeness (QED) is 0.359. The van der Waals surface area contributed by atoms with E-state index in [1.807, 2.05) is 18.0 Å². The van der Waals surface area contributed by atoms with Gasteiger partial charge >= 0.3 is 0 Å². The number of nitrogens with one attached hydrogen (secondary N) is 1. The van der Waals surface area contributed by atoms with Crippen molar-refractivity contribution >= 4 is 40.0 Å². The van der Waals surface area contributed by atoms with Crippen LogP contribution >= 0.6 is 11.6 Å². The highest BCUT2D eigenvalue weighted by atomic mass is 35.5. The summed E-state index contributed by atoms with van der Waals surface area (Å²) >= 11 is 5.93. The summed E-state index contributed by atoms with van der Waals surface area (Å²) < 4.78 is 6.95. The zero-order valence-corrected chi connectivity index (χ0v) is 21.7. The summed E-state index contributed by atoms with van der Waals surface area (Å²) in [6.07, 6.45) is 2.15. The monoisotopic (exact) mass is 534 g/mol. The number of rotatable bonds is 8. The van der Waals surface area contributed by atoms with E-state index in [1.54, 1.807) is 54.1 Å². The molecule has 1 atom stereocenters. The van der Waals surface area contributed by atoms with E-state index in [-0.39, 0.29) is 24.6 Å². The Balaban J connectivity index is 1.47. The number of hydrogen-bond donors (Lipinski definition) is 2. The van der Waals surface area contributed by atoms with Gasteiger partial charge in [0.1, 0.15) is 24.0 Å². The Kier molecular flexibility index (Phi) is 7.07. The highest BCUT2D eigenvalue weighted by molar-refractivity contribution is 6.30. The number of anilines is 1. The maximum absolute atomic E-state index is 13.6. The molecule has 2 aromatic carbocycles. The third-order valence-corrected chi connectivity index (χ3v) is 6.92. The topological polar surface area (TPSA) is 108 Å². The summed E-state index contributed by atoms with van der Waals surface area (Å²) in [5, 5.41) is 14.2. The van der Waals surface area contributed by atoms with Gasteiger partial charge in [-0.25, -0.2) is 0 Å². The van der Waals surface area contributed by atoms with Crippen molar-refractivity contribution in [1.82, 2.24) is 14.8 Å². The van der Waals surface area contributed by atoms with Crippen molar-refractivity contribution in [3.05, 3.63) is 98.7 Å². The summed E-state index contributed by atoms with van der Waals surface area (Å²) in [7, 11) is 3.52. The third-order valence-electron chi connectivity index (χ3n) is 6.67. The molecule has 2 N–H and O–H groups in total. The second kappa shape index (κ2) is 10.4. The van der Waals surface area contributed by atoms with E-state index in [9.17, 15) is 19.5 Å². The third kappa shape index (κ3) is 5.08. The van der Waals surface area contributed by atoms with E-state index in [4.69, 9.17) is 16.0 Å². The van der Waals surface area contributed by atoms with Crippen LogP contribution in [0.25, 0.3) is 10.9 Å². The first-order valence-corrected chi connectivity index (χ1v) is 12.5. The van der Waals surface area contributed by atoms with Crippen molar-refractivity contribution in [2.75, 3.05) is 25.5 Å². The minimum Gasteiger partial charge on any atom is -0.467 e. The molecule has 10 heteroatoms. The van der Waals surface area contributed by atoms with E-state index in [0.29, 0.717) is 40.5 Å². The molecule has 196 valence electrons. The number of nitrogens with zero attached hydrogens (tertiary/aromatic N) is 3. The van der Waals surface area contributed by atoms with Crippen molar-refractivity contribution in [2.45, 2.75) is 25.7 Å². The molecule has 2 aromatic heterocycles. The molecule has 1 aliphatic rings. The fourth-order valence-electron chi connectivity index (χ4n) is 4.72. The predicted octanol–water partition coefficient (Wildman–Crippen LogP) is 3.32. The zero-order valence-electron chi connectivity index (χ0n) is 21.0. The molecular weight excluding hydrogens is 508 g/mol. The summed E-state index contributed by atoms with van der Waals surface area (Å²) in [4.78, 5) is 42.8. The van der Waals surface area contributed by atoms with Crippen LogP contribution in [0.3, 0.4) is 0 Å². The summed E-state index contributed by atoms with van der Waals surface area (Å²) in [6.45, 7) is 0.942. The van der Waals surface area contributed by atoms with Crippen LogP contribution in [0, 0.1) is 0 Å². The van der Waals surface area contributed by atoms with Gasteiger partial charge in [0.25, 0.3) is 5.91 Å². The van der Waals surface area contributed by atoms with Gasteiger partial charge in [0.15, 0.2) is 0 Å². The van der Waals surface area contributed by atoms with Crippen LogP contribution < -0.4 is 15.6 Å². The number of carbonyl (C=O) groups excluding carboxylic acids is 2. The molecule has 38 heavy (non-hydrogen) atoms. The number of benzene rings is 2. The molecule has 0 fully saturated rings. The number of aromatic nitrogens is 1. The van der Waals surface area contributed by atoms with Gasteiger partial charge in [0.05, 0.1) is 17.5 Å². The van der Waals surface area contributed by atoms with Crippen LogP contribution in [0.15, 0.2) is 70.2 Å². The maximum atomic E-state index is 13.6. The lowest BCUT2D eigenvalue weighted by Crippen LogP contribution is -2.37. The van der Waals surface area contributed by atoms with E-state index < -0.39 is 17.4 Å². The normalized spacial score (nSPS) is 13.8. The van der Waals surface area contributed by atoms with Gasteiger partial charge in [-0.1, -0.05) is 23.7 Å². The SMILES string of the molecule is CN(Cc1cc2c3c(c1)c(=O)c(C(=O)NCc1ccc(Cl)cc1)cn3CC(=O)N2C)CC(O)c1ccco1. The standard InChI is InChI=1S/C28H27ClN4O5/c1-31(15-23(34)24-4-3-9-38-24)13-18-10-20-26-22(11-18)32(2)25(35)16-33(26)14-21(27(20)36)28(37)30-12-17-5-7-19(29)8-6-17/h3-11,14,23,34H,12-13,15-16H2,1-2H3,(H,30,37). The van der Waals surface area contributed by atoms with Gasteiger partial charge < -0.3 is 24.3 Å². The van der Waals surface area contributed by atoms with Crippen LogP contribution in [-0.2, 0) is 24.4 Å².